The van der Waals surface area contributed by atoms with Crippen molar-refractivity contribution in [3.8, 4) is 5.75 Å². The van der Waals surface area contributed by atoms with Crippen molar-refractivity contribution in [2.24, 2.45) is 0 Å². The van der Waals surface area contributed by atoms with Gasteiger partial charge in [-0.25, -0.2) is 13.1 Å². The van der Waals surface area contributed by atoms with E-state index >= 15 is 0 Å². The molecule has 1 unspecified atom stereocenters. The van der Waals surface area contributed by atoms with E-state index in [9.17, 15) is 13.5 Å². The number of hydrogen-bond donors (Lipinski definition) is 2. The number of aromatic nitrogens is 1. The third kappa shape index (κ3) is 3.96. The Bertz CT molecular complexity index is 744. The number of nitrogens with one attached hydrogen (secondary N) is 1. The molecule has 0 spiro atoms. The van der Waals surface area contributed by atoms with Crippen LogP contribution in [-0.2, 0) is 10.0 Å². The first-order valence-corrected chi connectivity index (χ1v) is 8.84. The molecule has 0 bridgehead atoms. The van der Waals surface area contributed by atoms with E-state index in [1.54, 1.807) is 12.3 Å². The molecule has 119 valence electrons. The van der Waals surface area contributed by atoms with Crippen molar-refractivity contribution in [1.29, 1.82) is 0 Å². The highest BCUT2D eigenvalue weighted by Crippen LogP contribution is 2.25. The van der Waals surface area contributed by atoms with Crippen LogP contribution in [0.5, 0.6) is 5.75 Å². The molecule has 1 aromatic heterocycles. The van der Waals surface area contributed by atoms with Gasteiger partial charge in [0, 0.05) is 23.0 Å². The van der Waals surface area contributed by atoms with Crippen LogP contribution in [0.3, 0.4) is 0 Å². The van der Waals surface area contributed by atoms with Gasteiger partial charge in [0.1, 0.15) is 5.75 Å². The monoisotopic (exact) mass is 321 g/mol. The van der Waals surface area contributed by atoms with Gasteiger partial charge in [-0.2, -0.15) is 0 Å². The van der Waals surface area contributed by atoms with Crippen LogP contribution in [-0.4, -0.2) is 24.6 Å². The normalized spacial score (nSPS) is 13.4. The summed E-state index contributed by atoms with van der Waals surface area (Å²) in [5, 5.41) is 10.9. The summed E-state index contributed by atoms with van der Waals surface area (Å²) in [5.41, 5.74) is 0. The third-order valence-electron chi connectivity index (χ3n) is 3.50. The Morgan fingerprint density at radius 3 is 2.82 bits per heavy atom. The predicted octanol–water partition coefficient (Wildman–Crippen LogP) is 3.00. The summed E-state index contributed by atoms with van der Waals surface area (Å²) in [5.74, 6) is -0.0383. The highest BCUT2D eigenvalue weighted by atomic mass is 32.2. The lowest BCUT2D eigenvalue weighted by atomic mass is 10.1. The van der Waals surface area contributed by atoms with Gasteiger partial charge >= 0.3 is 0 Å². The number of aromatic hydroxyl groups is 1. The van der Waals surface area contributed by atoms with Crippen LogP contribution in [0, 0.1) is 6.92 Å². The van der Waals surface area contributed by atoms with Crippen molar-refractivity contribution in [1.82, 2.24) is 9.71 Å². The van der Waals surface area contributed by atoms with E-state index in [1.807, 2.05) is 0 Å². The molecule has 0 aliphatic rings. The molecular weight excluding hydrogens is 300 g/mol. The molecule has 1 heterocycles. The molecule has 0 saturated carbocycles. The van der Waals surface area contributed by atoms with Crippen molar-refractivity contribution < 1.29 is 13.5 Å². The quantitative estimate of drug-likeness (QED) is 0.768. The average Bonchev–Trinajstić information content (AvgIpc) is 2.47. The van der Waals surface area contributed by atoms with Crippen molar-refractivity contribution in [3.63, 3.8) is 0 Å². The summed E-state index contributed by atoms with van der Waals surface area (Å²) >= 11 is 0. The Labute approximate surface area is 131 Å². The van der Waals surface area contributed by atoms with Crippen molar-refractivity contribution in [2.75, 3.05) is 0 Å². The van der Waals surface area contributed by atoms with E-state index in [0.29, 0.717) is 17.2 Å². The molecule has 0 saturated heterocycles. The molecule has 0 fully saturated rings. The fourth-order valence-electron chi connectivity index (χ4n) is 2.28. The number of hydrogen-bond acceptors (Lipinski definition) is 4. The molecule has 0 amide bonds. The van der Waals surface area contributed by atoms with E-state index in [4.69, 9.17) is 0 Å². The molecular formula is C16H21N2O3S. The molecule has 2 rings (SSSR count). The maximum atomic E-state index is 12.4. The first kappa shape index (κ1) is 16.7. The highest BCUT2D eigenvalue weighted by Gasteiger charge is 2.18. The van der Waals surface area contributed by atoms with Crippen LogP contribution in [0.4, 0.5) is 0 Å². The van der Waals surface area contributed by atoms with E-state index in [-0.39, 0.29) is 16.7 Å². The minimum Gasteiger partial charge on any atom is -0.506 e. The van der Waals surface area contributed by atoms with Gasteiger partial charge in [-0.15, -0.1) is 0 Å². The summed E-state index contributed by atoms with van der Waals surface area (Å²) in [7, 11) is -3.65. The van der Waals surface area contributed by atoms with Crippen molar-refractivity contribution in [2.45, 2.75) is 43.5 Å². The number of unbranched alkanes of at least 4 members (excludes halogenated alkanes) is 2. The Kier molecular flexibility index (Phi) is 5.37. The summed E-state index contributed by atoms with van der Waals surface area (Å²) < 4.78 is 27.3. The van der Waals surface area contributed by atoms with Gasteiger partial charge in [0.15, 0.2) is 0 Å². The first-order valence-electron chi connectivity index (χ1n) is 7.36. The molecule has 1 atom stereocenters. The largest absolute Gasteiger partial charge is 0.506 e. The number of fused-ring (bicyclic) bond motifs is 1. The third-order valence-corrected chi connectivity index (χ3v) is 5.02. The standard InChI is InChI=1S/C16H21N2O3S/c1-3-4-5-6-12(2)18-22(20,21)14-8-7-13-10-17-11-16(19)15(13)9-14/h7-12,18-19H,2-6H2,1H3. The summed E-state index contributed by atoms with van der Waals surface area (Å²) in [6.07, 6.45) is 6.66. The predicted molar refractivity (Wildman–Crippen MR) is 87.0 cm³/mol. The lowest BCUT2D eigenvalue weighted by Gasteiger charge is -2.14. The molecule has 2 N–H and O–H groups in total. The van der Waals surface area contributed by atoms with Gasteiger partial charge in [-0.1, -0.05) is 32.3 Å². The Morgan fingerprint density at radius 2 is 2.09 bits per heavy atom. The SMILES string of the molecule is [CH2]C(CCCCC)NS(=O)(=O)c1ccc2cncc(O)c2c1. The zero-order valence-electron chi connectivity index (χ0n) is 12.6. The lowest BCUT2D eigenvalue weighted by molar-refractivity contribution is 0.479. The van der Waals surface area contributed by atoms with Crippen LogP contribution in [0.2, 0.25) is 0 Å². The van der Waals surface area contributed by atoms with Gasteiger partial charge < -0.3 is 5.11 Å². The highest BCUT2D eigenvalue weighted by molar-refractivity contribution is 7.89. The number of nitrogens with zero attached hydrogens (tertiary/aromatic N) is 1. The number of sulfonamides is 1. The minimum atomic E-state index is -3.65. The van der Waals surface area contributed by atoms with Crippen molar-refractivity contribution in [3.05, 3.63) is 37.5 Å². The second kappa shape index (κ2) is 7.07. The summed E-state index contributed by atoms with van der Waals surface area (Å²) in [6, 6.07) is 4.22. The Hall–Kier alpha value is -1.66. The van der Waals surface area contributed by atoms with Crippen LogP contribution in [0.25, 0.3) is 10.8 Å². The molecule has 1 radical (unpaired) electrons. The fraction of sp³-hybridized carbons (Fsp3) is 0.375. The van der Waals surface area contributed by atoms with E-state index in [0.717, 1.165) is 19.3 Å². The zero-order chi connectivity index (χ0) is 16.2. The first-order chi connectivity index (χ1) is 10.4. The minimum absolute atomic E-state index is 0.0383. The molecule has 6 heteroatoms. The molecule has 5 nitrogen and oxygen atoms in total. The Balaban J connectivity index is 2.20. The Morgan fingerprint density at radius 1 is 1.32 bits per heavy atom. The maximum absolute atomic E-state index is 12.4. The summed E-state index contributed by atoms with van der Waals surface area (Å²) in [6.45, 7) is 5.95. The van der Waals surface area contributed by atoms with Gasteiger partial charge in [-0.05, 0) is 25.5 Å². The number of benzene rings is 1. The molecule has 22 heavy (non-hydrogen) atoms. The molecule has 0 aliphatic carbocycles. The summed E-state index contributed by atoms with van der Waals surface area (Å²) in [4.78, 5) is 3.99. The number of rotatable bonds is 7. The second-order valence-electron chi connectivity index (χ2n) is 5.36. The van der Waals surface area contributed by atoms with Gasteiger partial charge in [0.25, 0.3) is 0 Å². The van der Waals surface area contributed by atoms with Gasteiger partial charge in [0.05, 0.1) is 11.1 Å². The van der Waals surface area contributed by atoms with E-state index < -0.39 is 10.0 Å². The van der Waals surface area contributed by atoms with Crippen molar-refractivity contribution >= 4 is 20.8 Å². The molecule has 2 aromatic rings. The lowest BCUT2D eigenvalue weighted by Crippen LogP contribution is -2.32. The van der Waals surface area contributed by atoms with Crippen LogP contribution in [0.15, 0.2) is 35.5 Å². The zero-order valence-corrected chi connectivity index (χ0v) is 13.4. The molecule has 0 aliphatic heterocycles. The topological polar surface area (TPSA) is 79.3 Å². The van der Waals surface area contributed by atoms with Gasteiger partial charge in [0.2, 0.25) is 10.0 Å². The van der Waals surface area contributed by atoms with E-state index in [2.05, 4.69) is 23.6 Å². The second-order valence-corrected chi connectivity index (χ2v) is 7.07. The molecule has 1 aromatic carbocycles. The van der Waals surface area contributed by atoms with Crippen LogP contribution < -0.4 is 4.72 Å². The maximum Gasteiger partial charge on any atom is 0.240 e. The van der Waals surface area contributed by atoms with E-state index in [1.165, 1.54) is 18.3 Å². The smallest absolute Gasteiger partial charge is 0.240 e. The fourth-order valence-corrected chi connectivity index (χ4v) is 3.49. The average molecular weight is 321 g/mol. The van der Waals surface area contributed by atoms with Gasteiger partial charge in [-0.3, -0.25) is 4.98 Å². The van der Waals surface area contributed by atoms with Crippen LogP contribution >= 0.6 is 0 Å². The van der Waals surface area contributed by atoms with Crippen LogP contribution in [0.1, 0.15) is 32.6 Å². The number of pyridine rings is 1.